The Bertz CT molecular complexity index is 292. The third kappa shape index (κ3) is 3.89. The summed E-state index contributed by atoms with van der Waals surface area (Å²) in [7, 11) is 0. The van der Waals surface area contributed by atoms with Gasteiger partial charge < -0.3 is 9.64 Å². The van der Waals surface area contributed by atoms with Crippen LogP contribution in [-0.4, -0.2) is 48.4 Å². The summed E-state index contributed by atoms with van der Waals surface area (Å²) < 4.78 is 5.10. The lowest BCUT2D eigenvalue weighted by Crippen LogP contribution is -2.49. The van der Waals surface area contributed by atoms with E-state index in [0.29, 0.717) is 5.76 Å². The van der Waals surface area contributed by atoms with E-state index >= 15 is 0 Å². The molecule has 0 aromatic rings. The largest absolute Gasteiger partial charge is 0.460 e. The van der Waals surface area contributed by atoms with Crippen LogP contribution in [-0.2, 0) is 9.53 Å². The van der Waals surface area contributed by atoms with Gasteiger partial charge in [0.2, 0.25) is 0 Å². The van der Waals surface area contributed by atoms with E-state index in [-0.39, 0.29) is 5.91 Å². The van der Waals surface area contributed by atoms with Crippen molar-refractivity contribution in [1.82, 2.24) is 9.80 Å². The highest BCUT2D eigenvalue weighted by atomic mass is 16.5. The zero-order chi connectivity index (χ0) is 12.7. The number of hydrogen-bond donors (Lipinski definition) is 0. The van der Waals surface area contributed by atoms with Crippen LogP contribution in [0.2, 0.25) is 0 Å². The number of nitrogens with zero attached hydrogens (tertiary/aromatic N) is 2. The fourth-order valence-corrected chi connectivity index (χ4v) is 1.98. The fourth-order valence-electron chi connectivity index (χ4n) is 1.98. The number of rotatable bonds is 5. The van der Waals surface area contributed by atoms with Gasteiger partial charge in [-0.25, -0.2) is 0 Å². The van der Waals surface area contributed by atoms with E-state index in [2.05, 4.69) is 18.4 Å². The molecule has 0 spiro atoms. The number of amides is 1. The monoisotopic (exact) mass is 238 g/mol. The van der Waals surface area contributed by atoms with Gasteiger partial charge in [0, 0.05) is 26.2 Å². The Morgan fingerprint density at radius 2 is 2.00 bits per heavy atom. The van der Waals surface area contributed by atoms with E-state index in [0.717, 1.165) is 39.1 Å². The second kappa shape index (κ2) is 7.12. The Labute approximate surface area is 104 Å². The molecule has 1 amide bonds. The highest BCUT2D eigenvalue weighted by Gasteiger charge is 2.23. The third-order valence-corrected chi connectivity index (χ3v) is 2.88. The minimum absolute atomic E-state index is 0.0384. The first-order valence-electron chi connectivity index (χ1n) is 6.18. The molecule has 96 valence electrons. The van der Waals surface area contributed by atoms with Crippen molar-refractivity contribution in [2.24, 2.45) is 0 Å². The molecule has 0 atom stereocenters. The van der Waals surface area contributed by atoms with Crippen LogP contribution in [0.4, 0.5) is 0 Å². The van der Waals surface area contributed by atoms with Crippen molar-refractivity contribution in [3.63, 3.8) is 0 Å². The highest BCUT2D eigenvalue weighted by Crippen LogP contribution is 2.09. The number of carbonyl (C=O) groups is 1. The van der Waals surface area contributed by atoms with E-state index in [4.69, 9.17) is 4.74 Å². The van der Waals surface area contributed by atoms with Gasteiger partial charge in [-0.1, -0.05) is 13.5 Å². The highest BCUT2D eigenvalue weighted by molar-refractivity contribution is 5.91. The summed E-state index contributed by atoms with van der Waals surface area (Å²) in [6.07, 6.45) is 4.14. The van der Waals surface area contributed by atoms with E-state index in [1.54, 1.807) is 13.0 Å². The van der Waals surface area contributed by atoms with Gasteiger partial charge in [-0.15, -0.1) is 0 Å². The minimum atomic E-state index is -0.0384. The van der Waals surface area contributed by atoms with Gasteiger partial charge in [0.05, 0.1) is 6.26 Å². The fraction of sp³-hybridized carbons (Fsp3) is 0.615. The first-order valence-corrected chi connectivity index (χ1v) is 6.18. The molecule has 0 N–H and O–H groups in total. The number of allylic oxidation sites excluding steroid dienone is 1. The normalized spacial score (nSPS) is 18.0. The molecule has 1 rings (SSSR count). The number of ether oxygens (including phenoxy) is 1. The van der Waals surface area contributed by atoms with Crippen LogP contribution in [0.25, 0.3) is 0 Å². The van der Waals surface area contributed by atoms with Gasteiger partial charge >= 0.3 is 0 Å². The average molecular weight is 238 g/mol. The van der Waals surface area contributed by atoms with Gasteiger partial charge in [0.1, 0.15) is 0 Å². The van der Waals surface area contributed by atoms with Crippen LogP contribution in [0.15, 0.2) is 24.7 Å². The van der Waals surface area contributed by atoms with Crippen LogP contribution in [0, 0.1) is 0 Å². The maximum Gasteiger partial charge on any atom is 0.289 e. The van der Waals surface area contributed by atoms with Crippen molar-refractivity contribution in [2.75, 3.05) is 32.7 Å². The van der Waals surface area contributed by atoms with Crippen LogP contribution in [0.5, 0.6) is 0 Å². The second-order valence-corrected chi connectivity index (χ2v) is 4.07. The van der Waals surface area contributed by atoms with Crippen LogP contribution < -0.4 is 0 Å². The van der Waals surface area contributed by atoms with Crippen molar-refractivity contribution >= 4 is 5.91 Å². The zero-order valence-electron chi connectivity index (χ0n) is 10.8. The zero-order valence-corrected chi connectivity index (χ0v) is 10.8. The smallest absolute Gasteiger partial charge is 0.289 e. The van der Waals surface area contributed by atoms with Crippen LogP contribution in [0.1, 0.15) is 20.3 Å². The molecule has 1 aliphatic heterocycles. The minimum Gasteiger partial charge on any atom is -0.460 e. The van der Waals surface area contributed by atoms with E-state index < -0.39 is 0 Å². The number of carbonyl (C=O) groups excluding carboxylic acids is 1. The Kier molecular flexibility index (Phi) is 5.77. The molecule has 0 bridgehead atoms. The summed E-state index contributed by atoms with van der Waals surface area (Å²) >= 11 is 0. The quantitative estimate of drug-likeness (QED) is 0.539. The summed E-state index contributed by atoms with van der Waals surface area (Å²) in [5.74, 6) is 0.326. The molecule has 0 unspecified atom stereocenters. The molecule has 0 saturated carbocycles. The Balaban J connectivity index is 2.47. The van der Waals surface area contributed by atoms with Crippen molar-refractivity contribution < 1.29 is 9.53 Å². The van der Waals surface area contributed by atoms with E-state index in [9.17, 15) is 4.79 Å². The summed E-state index contributed by atoms with van der Waals surface area (Å²) in [5, 5.41) is 0. The lowest BCUT2D eigenvalue weighted by molar-refractivity contribution is -0.131. The van der Waals surface area contributed by atoms with E-state index in [1.165, 1.54) is 6.26 Å². The molecule has 17 heavy (non-hydrogen) atoms. The molecular formula is C13H22N2O2. The summed E-state index contributed by atoms with van der Waals surface area (Å²) in [5.41, 5.74) is 0. The molecule has 4 nitrogen and oxygen atoms in total. The van der Waals surface area contributed by atoms with Gasteiger partial charge in [-0.2, -0.15) is 0 Å². The van der Waals surface area contributed by atoms with Crippen molar-refractivity contribution in [2.45, 2.75) is 20.3 Å². The summed E-state index contributed by atoms with van der Waals surface area (Å²) in [6.45, 7) is 12.0. The van der Waals surface area contributed by atoms with E-state index in [1.807, 2.05) is 4.90 Å². The Morgan fingerprint density at radius 1 is 1.35 bits per heavy atom. The molecule has 4 heteroatoms. The SMILES string of the molecule is C=CO/C(=C\C)C(=O)N1CCN(CCC)CC1. The summed E-state index contributed by atoms with van der Waals surface area (Å²) in [6, 6.07) is 0. The van der Waals surface area contributed by atoms with Crippen LogP contribution in [0.3, 0.4) is 0 Å². The van der Waals surface area contributed by atoms with Gasteiger partial charge in [-0.05, 0) is 26.0 Å². The third-order valence-electron chi connectivity index (χ3n) is 2.88. The van der Waals surface area contributed by atoms with Crippen LogP contribution >= 0.6 is 0 Å². The molecule has 1 heterocycles. The molecule has 0 aromatic carbocycles. The first kappa shape index (κ1) is 13.8. The van der Waals surface area contributed by atoms with Crippen molar-refractivity contribution in [1.29, 1.82) is 0 Å². The van der Waals surface area contributed by atoms with Crippen molar-refractivity contribution in [3.8, 4) is 0 Å². The lowest BCUT2D eigenvalue weighted by atomic mass is 10.2. The van der Waals surface area contributed by atoms with Gasteiger partial charge in [0.15, 0.2) is 5.76 Å². The average Bonchev–Trinajstić information content (AvgIpc) is 2.36. The second-order valence-electron chi connectivity index (χ2n) is 4.07. The van der Waals surface area contributed by atoms with Crippen molar-refractivity contribution in [3.05, 3.63) is 24.7 Å². The molecule has 0 radical (unpaired) electrons. The van der Waals surface area contributed by atoms with Gasteiger partial charge in [0.25, 0.3) is 5.91 Å². The summed E-state index contributed by atoms with van der Waals surface area (Å²) in [4.78, 5) is 16.3. The number of hydrogen-bond acceptors (Lipinski definition) is 3. The molecular weight excluding hydrogens is 216 g/mol. The van der Waals surface area contributed by atoms with Gasteiger partial charge in [-0.3, -0.25) is 9.69 Å². The lowest BCUT2D eigenvalue weighted by Gasteiger charge is -2.34. The Hall–Kier alpha value is -1.29. The molecule has 1 fully saturated rings. The number of piperazine rings is 1. The molecule has 0 aliphatic carbocycles. The predicted octanol–water partition coefficient (Wildman–Crippen LogP) is 1.60. The standard InChI is InChI=1S/C13H22N2O2/c1-4-7-14-8-10-15(11-9-14)13(16)12(5-2)17-6-3/h5-6H,3-4,7-11H2,1-2H3/b12-5-. The first-order chi connectivity index (χ1) is 8.22. The molecule has 0 aromatic heterocycles. The maximum absolute atomic E-state index is 12.1. The molecule has 1 saturated heterocycles. The Morgan fingerprint density at radius 3 is 2.47 bits per heavy atom. The topological polar surface area (TPSA) is 32.8 Å². The maximum atomic E-state index is 12.1. The predicted molar refractivity (Wildman–Crippen MR) is 68.4 cm³/mol. The molecule has 1 aliphatic rings.